The molecule has 1 aliphatic carbocycles. The van der Waals surface area contributed by atoms with Crippen molar-refractivity contribution in [3.63, 3.8) is 0 Å². The van der Waals surface area contributed by atoms with Gasteiger partial charge in [0.25, 0.3) is 0 Å². The third-order valence-electron chi connectivity index (χ3n) is 4.74. The van der Waals surface area contributed by atoms with Crippen molar-refractivity contribution in [3.05, 3.63) is 88.8 Å². The van der Waals surface area contributed by atoms with Gasteiger partial charge in [0.1, 0.15) is 22.9 Å². The maximum atomic E-state index is 13.6. The van der Waals surface area contributed by atoms with Crippen molar-refractivity contribution >= 4 is 5.84 Å². The van der Waals surface area contributed by atoms with Crippen LogP contribution in [0, 0.1) is 29.0 Å². The van der Waals surface area contributed by atoms with Crippen molar-refractivity contribution < 1.29 is 8.78 Å². The molecule has 0 spiro atoms. The predicted molar refractivity (Wildman–Crippen MR) is 101 cm³/mol. The summed E-state index contributed by atoms with van der Waals surface area (Å²) in [7, 11) is 0. The number of allylic oxidation sites excluding steroid dienone is 3. The number of nitriles is 1. The van der Waals surface area contributed by atoms with Gasteiger partial charge in [-0.3, -0.25) is 9.98 Å². The van der Waals surface area contributed by atoms with E-state index in [-0.39, 0.29) is 5.82 Å². The third kappa shape index (κ3) is 3.17. The smallest absolute Gasteiger partial charge is 0.173 e. The van der Waals surface area contributed by atoms with E-state index in [1.807, 2.05) is 0 Å². The van der Waals surface area contributed by atoms with Gasteiger partial charge in [0.2, 0.25) is 0 Å². The highest BCUT2D eigenvalue weighted by molar-refractivity contribution is 5.99. The molecule has 0 radical (unpaired) electrons. The number of aliphatic imine (C=N–C) groups is 1. The van der Waals surface area contributed by atoms with Crippen molar-refractivity contribution in [2.75, 3.05) is 6.54 Å². The molecule has 4 nitrogen and oxygen atoms in total. The second-order valence-electron chi connectivity index (χ2n) is 6.43. The number of hydrogen-bond donors (Lipinski definition) is 1. The van der Waals surface area contributed by atoms with Gasteiger partial charge in [0, 0.05) is 12.6 Å². The third-order valence-corrected chi connectivity index (χ3v) is 4.74. The summed E-state index contributed by atoms with van der Waals surface area (Å²) < 4.78 is 27.1. The first-order valence-corrected chi connectivity index (χ1v) is 8.62. The van der Waals surface area contributed by atoms with Gasteiger partial charge in [-0.15, -0.1) is 0 Å². The molecule has 2 aromatic rings. The normalized spacial score (nSPS) is 20.5. The fraction of sp³-hybridized carbons (Fsp3) is 0.136. The molecule has 6 heteroatoms. The monoisotopic (exact) mass is 372 g/mol. The van der Waals surface area contributed by atoms with Gasteiger partial charge < -0.3 is 5.32 Å². The summed E-state index contributed by atoms with van der Waals surface area (Å²) in [6.45, 7) is 0.315. The molecule has 1 unspecified atom stereocenters. The Balaban J connectivity index is 1.77. The minimum Gasteiger partial charge on any atom is -0.353 e. The van der Waals surface area contributed by atoms with Gasteiger partial charge in [-0.1, -0.05) is 24.1 Å². The Morgan fingerprint density at radius 1 is 1.14 bits per heavy atom. The molecule has 0 fully saturated rings. The molecule has 0 bridgehead atoms. The number of nitrogens with zero attached hydrogens (tertiary/aromatic N) is 3. The van der Waals surface area contributed by atoms with Crippen molar-refractivity contribution in [1.29, 1.82) is 5.26 Å². The van der Waals surface area contributed by atoms with Gasteiger partial charge in [-0.05, 0) is 47.4 Å². The first-order valence-electron chi connectivity index (χ1n) is 8.62. The van der Waals surface area contributed by atoms with E-state index in [1.165, 1.54) is 18.2 Å². The molecule has 1 N–H and O–H groups in total. The Hall–Kier alpha value is -3.77. The molecule has 1 aromatic heterocycles. The molecule has 0 saturated carbocycles. The molecule has 4 rings (SSSR count). The minimum atomic E-state index is -0.802. The summed E-state index contributed by atoms with van der Waals surface area (Å²) >= 11 is 0. The summed E-state index contributed by atoms with van der Waals surface area (Å²) in [5.74, 6) is 4.93. The molecule has 0 saturated heterocycles. The van der Waals surface area contributed by atoms with Gasteiger partial charge >= 0.3 is 0 Å². The van der Waals surface area contributed by atoms with Gasteiger partial charge in [0.15, 0.2) is 5.83 Å². The highest BCUT2D eigenvalue weighted by atomic mass is 19.1. The Morgan fingerprint density at radius 2 is 1.96 bits per heavy atom. The van der Waals surface area contributed by atoms with Crippen LogP contribution < -0.4 is 5.32 Å². The van der Waals surface area contributed by atoms with E-state index in [4.69, 9.17) is 5.26 Å². The van der Waals surface area contributed by atoms with Crippen LogP contribution in [-0.4, -0.2) is 17.4 Å². The Morgan fingerprint density at radius 3 is 2.75 bits per heavy atom. The maximum Gasteiger partial charge on any atom is 0.173 e. The fourth-order valence-electron chi connectivity index (χ4n) is 3.31. The number of amidine groups is 1. The second-order valence-corrected chi connectivity index (χ2v) is 6.43. The van der Waals surface area contributed by atoms with Crippen LogP contribution in [-0.2, 0) is 5.54 Å². The van der Waals surface area contributed by atoms with Crippen LogP contribution in [0.3, 0.4) is 0 Å². The fourth-order valence-corrected chi connectivity index (χ4v) is 3.31. The van der Waals surface area contributed by atoms with Crippen molar-refractivity contribution in [3.8, 4) is 17.9 Å². The lowest BCUT2D eigenvalue weighted by molar-refractivity contribution is 0.502. The summed E-state index contributed by atoms with van der Waals surface area (Å²) in [6, 6.07) is 11.5. The van der Waals surface area contributed by atoms with E-state index in [0.717, 1.165) is 11.1 Å². The van der Waals surface area contributed by atoms with Gasteiger partial charge in [-0.2, -0.15) is 9.65 Å². The van der Waals surface area contributed by atoms with Crippen molar-refractivity contribution in [2.45, 2.75) is 12.0 Å². The molecule has 1 atom stereocenters. The first kappa shape index (κ1) is 17.6. The highest BCUT2D eigenvalue weighted by Gasteiger charge is 2.41. The van der Waals surface area contributed by atoms with Crippen LogP contribution in [0.4, 0.5) is 8.78 Å². The summed E-state index contributed by atoms with van der Waals surface area (Å²) in [5.41, 5.74) is 1.80. The van der Waals surface area contributed by atoms with Crippen LogP contribution in [0.5, 0.6) is 0 Å². The van der Waals surface area contributed by atoms with Crippen molar-refractivity contribution in [1.82, 2.24) is 10.3 Å². The largest absolute Gasteiger partial charge is 0.353 e. The van der Waals surface area contributed by atoms with Crippen molar-refractivity contribution in [2.24, 2.45) is 4.99 Å². The van der Waals surface area contributed by atoms with Gasteiger partial charge in [0.05, 0.1) is 18.2 Å². The average molecular weight is 372 g/mol. The predicted octanol–water partition coefficient (Wildman–Crippen LogP) is 3.52. The van der Waals surface area contributed by atoms with Crippen LogP contribution >= 0.6 is 0 Å². The van der Waals surface area contributed by atoms with Crippen LogP contribution in [0.15, 0.2) is 71.1 Å². The van der Waals surface area contributed by atoms with Crippen LogP contribution in [0.1, 0.15) is 23.2 Å². The number of hydrogen-bond acceptors (Lipinski definition) is 4. The maximum absolute atomic E-state index is 13.6. The molecule has 28 heavy (non-hydrogen) atoms. The van der Waals surface area contributed by atoms with Gasteiger partial charge in [-0.25, -0.2) is 4.39 Å². The topological polar surface area (TPSA) is 61.1 Å². The lowest BCUT2D eigenvalue weighted by Crippen LogP contribution is -2.45. The quantitative estimate of drug-likeness (QED) is 0.839. The lowest BCUT2D eigenvalue weighted by Gasteiger charge is -2.32. The Kier molecular flexibility index (Phi) is 4.47. The standard InChI is InChI=1S/C22H14F2N4/c23-18-3-1-2-16(4-7-18)22(17-5-8-19(24)9-6-17)14-27-21(28-22)20-12-15(13-25)10-11-26-20/h4-12H,2,14H2,(H,27,28). The minimum absolute atomic E-state index is 0.315. The molecular formula is C22H14F2N4. The zero-order valence-corrected chi connectivity index (χ0v) is 14.7. The zero-order chi connectivity index (χ0) is 19.6. The van der Waals surface area contributed by atoms with E-state index in [9.17, 15) is 8.78 Å². The molecule has 1 aromatic carbocycles. The average Bonchev–Trinajstić information content (AvgIpc) is 3.06. The molecule has 1 aliphatic heterocycles. The van der Waals surface area contributed by atoms with E-state index >= 15 is 0 Å². The summed E-state index contributed by atoms with van der Waals surface area (Å²) in [5, 5.41) is 12.5. The number of pyridine rings is 1. The highest BCUT2D eigenvalue weighted by Crippen LogP contribution is 2.36. The SMILES string of the molecule is N#Cc1ccnc(C2=NCC(C3=CC=C(F)C#CC3)(c3ccc(F)cc3)N2)c1. The van der Waals surface area contributed by atoms with E-state index in [2.05, 4.69) is 33.2 Å². The van der Waals surface area contributed by atoms with E-state index in [0.29, 0.717) is 30.1 Å². The number of rotatable bonds is 3. The van der Waals surface area contributed by atoms with E-state index in [1.54, 1.807) is 36.5 Å². The number of nitrogens with one attached hydrogen (secondary N) is 1. The second kappa shape index (κ2) is 7.09. The lowest BCUT2D eigenvalue weighted by atomic mass is 9.81. The zero-order valence-electron chi connectivity index (χ0n) is 14.7. The Bertz CT molecular complexity index is 1130. The number of halogens is 2. The molecule has 136 valence electrons. The Labute approximate surface area is 160 Å². The molecular weight excluding hydrogens is 358 g/mol. The molecule has 0 amide bonds. The first-order chi connectivity index (χ1) is 13.6. The molecule has 2 aliphatic rings. The van der Waals surface area contributed by atoms with Crippen LogP contribution in [0.2, 0.25) is 0 Å². The number of benzene rings is 1. The summed E-state index contributed by atoms with van der Waals surface area (Å²) in [6.07, 6.45) is 4.89. The summed E-state index contributed by atoms with van der Waals surface area (Å²) in [4.78, 5) is 8.89. The van der Waals surface area contributed by atoms with Crippen LogP contribution in [0.25, 0.3) is 0 Å². The van der Waals surface area contributed by atoms with E-state index < -0.39 is 11.4 Å². The molecule has 2 heterocycles. The number of aromatic nitrogens is 1.